The molecule has 0 fully saturated rings. The lowest BCUT2D eigenvalue weighted by Crippen LogP contribution is -2.09. The molecule has 0 aromatic heterocycles. The molecule has 0 aliphatic heterocycles. The summed E-state index contributed by atoms with van der Waals surface area (Å²) in [6.45, 7) is 0. The highest BCUT2D eigenvalue weighted by Crippen LogP contribution is 2.35. The first-order chi connectivity index (χ1) is 16.1. The summed E-state index contributed by atoms with van der Waals surface area (Å²) in [4.78, 5) is -0.737. The molecule has 0 bridgehead atoms. The number of nitrogens with zero attached hydrogens (tertiary/aromatic N) is 2. The molecule has 0 saturated heterocycles. The first-order valence-corrected chi connectivity index (χ1v) is 12.5. The van der Waals surface area contributed by atoms with Crippen LogP contribution >= 0.6 is 0 Å². The SMILES string of the molecule is O=S(=O)([O-])c1ccc(NNc2c(N=Nc3ccccc3)ccc3cc(S(=O)(=O)[O-])ccc23)cc1. The number of hydrogen-bond donors (Lipinski definition) is 2. The second-order valence-electron chi connectivity index (χ2n) is 7.06. The molecule has 0 atom stereocenters. The minimum atomic E-state index is -4.64. The van der Waals surface area contributed by atoms with E-state index in [2.05, 4.69) is 21.1 Å². The number of azo groups is 1. The first-order valence-electron chi connectivity index (χ1n) is 9.69. The quantitative estimate of drug-likeness (QED) is 0.214. The van der Waals surface area contributed by atoms with E-state index in [1.807, 2.05) is 18.2 Å². The Morgan fingerprint density at radius 3 is 1.94 bits per heavy atom. The van der Waals surface area contributed by atoms with Crippen molar-refractivity contribution in [1.29, 1.82) is 0 Å². The topological polar surface area (TPSA) is 163 Å². The van der Waals surface area contributed by atoms with Gasteiger partial charge in [-0.1, -0.05) is 30.3 Å². The summed E-state index contributed by atoms with van der Waals surface area (Å²) in [5, 5.41) is 9.49. The van der Waals surface area contributed by atoms with Gasteiger partial charge in [-0.05, 0) is 60.0 Å². The zero-order valence-electron chi connectivity index (χ0n) is 17.2. The number of rotatable bonds is 7. The van der Waals surface area contributed by atoms with Gasteiger partial charge in [0.15, 0.2) is 0 Å². The molecule has 12 heteroatoms. The predicted octanol–water partition coefficient (Wildman–Crippen LogP) is 4.50. The minimum absolute atomic E-state index is 0.369. The Bertz CT molecular complexity index is 1590. The van der Waals surface area contributed by atoms with Crippen LogP contribution in [0.3, 0.4) is 0 Å². The van der Waals surface area contributed by atoms with Gasteiger partial charge in [0.05, 0.1) is 26.9 Å². The predicted molar refractivity (Wildman–Crippen MR) is 124 cm³/mol. The van der Waals surface area contributed by atoms with Crippen LogP contribution < -0.4 is 10.9 Å². The van der Waals surface area contributed by atoms with Crippen LogP contribution in [0, 0.1) is 0 Å². The molecule has 10 nitrogen and oxygen atoms in total. The average Bonchev–Trinajstić information content (AvgIpc) is 2.81. The zero-order valence-corrected chi connectivity index (χ0v) is 18.9. The van der Waals surface area contributed by atoms with Gasteiger partial charge in [-0.15, -0.1) is 5.11 Å². The van der Waals surface area contributed by atoms with Crippen molar-refractivity contribution < 1.29 is 25.9 Å². The second-order valence-corrected chi connectivity index (χ2v) is 9.82. The molecule has 0 amide bonds. The van der Waals surface area contributed by atoms with E-state index in [1.54, 1.807) is 24.3 Å². The van der Waals surface area contributed by atoms with Crippen molar-refractivity contribution in [3.8, 4) is 0 Å². The average molecular weight is 497 g/mol. The van der Waals surface area contributed by atoms with Crippen LogP contribution in [0.25, 0.3) is 10.8 Å². The molecule has 0 saturated carbocycles. The smallest absolute Gasteiger partial charge is 0.124 e. The molecule has 0 radical (unpaired) electrons. The maximum atomic E-state index is 11.4. The standard InChI is InChI=1S/C22H18N4O6S2/c27-33(28,29)18-9-7-17(8-10-18)24-26-22-20-12-11-19(34(30,31)32)14-15(20)6-13-21(22)25-23-16-4-2-1-3-5-16/h1-14,24,26H,(H,27,28,29)(H,30,31,32)/p-2. The van der Waals surface area contributed by atoms with Crippen LogP contribution in [0.2, 0.25) is 0 Å². The van der Waals surface area contributed by atoms with Crippen LogP contribution in [0.15, 0.2) is 105 Å². The Morgan fingerprint density at radius 1 is 0.647 bits per heavy atom. The number of nitrogens with one attached hydrogen (secondary N) is 2. The lowest BCUT2D eigenvalue weighted by Gasteiger charge is -2.16. The van der Waals surface area contributed by atoms with Crippen molar-refractivity contribution in [3.63, 3.8) is 0 Å². The number of hydrazine groups is 1. The highest BCUT2D eigenvalue weighted by atomic mass is 32.2. The number of hydrogen-bond acceptors (Lipinski definition) is 10. The number of benzene rings is 4. The second kappa shape index (κ2) is 9.19. The van der Waals surface area contributed by atoms with E-state index in [1.165, 1.54) is 30.3 Å². The third-order valence-electron chi connectivity index (χ3n) is 4.76. The molecule has 0 aliphatic rings. The molecular weight excluding hydrogens is 480 g/mol. The summed E-state index contributed by atoms with van der Waals surface area (Å²) >= 11 is 0. The third-order valence-corrected chi connectivity index (χ3v) is 6.44. The maximum Gasteiger partial charge on any atom is 0.124 e. The molecule has 0 unspecified atom stereocenters. The van der Waals surface area contributed by atoms with Gasteiger partial charge in [0.25, 0.3) is 0 Å². The lowest BCUT2D eigenvalue weighted by atomic mass is 10.1. The molecule has 4 aromatic carbocycles. The van der Waals surface area contributed by atoms with Crippen molar-refractivity contribution in [3.05, 3.63) is 84.9 Å². The summed E-state index contributed by atoms with van der Waals surface area (Å²) in [5.41, 5.74) is 7.73. The Labute approximate surface area is 195 Å². The molecule has 0 heterocycles. The van der Waals surface area contributed by atoms with Crippen molar-refractivity contribution in [2.75, 3.05) is 10.9 Å². The van der Waals surface area contributed by atoms with E-state index < -0.39 is 20.2 Å². The van der Waals surface area contributed by atoms with Gasteiger partial charge in [0, 0.05) is 5.39 Å². The van der Waals surface area contributed by atoms with Crippen molar-refractivity contribution >= 4 is 53.8 Å². The van der Waals surface area contributed by atoms with Crippen molar-refractivity contribution in [1.82, 2.24) is 0 Å². The van der Waals surface area contributed by atoms with Crippen LogP contribution in [0.1, 0.15) is 0 Å². The highest BCUT2D eigenvalue weighted by molar-refractivity contribution is 7.86. The lowest BCUT2D eigenvalue weighted by molar-refractivity contribution is 0.461. The van der Waals surface area contributed by atoms with Gasteiger partial charge in [-0.2, -0.15) is 5.11 Å². The zero-order chi connectivity index (χ0) is 24.3. The fraction of sp³-hybridized carbons (Fsp3) is 0. The van der Waals surface area contributed by atoms with E-state index in [4.69, 9.17) is 0 Å². The Morgan fingerprint density at radius 2 is 1.29 bits per heavy atom. The summed E-state index contributed by atoms with van der Waals surface area (Å²) < 4.78 is 67.6. The Kier molecular flexibility index (Phi) is 6.30. The summed E-state index contributed by atoms with van der Waals surface area (Å²) in [7, 11) is -9.21. The van der Waals surface area contributed by atoms with Crippen molar-refractivity contribution in [2.45, 2.75) is 9.79 Å². The highest BCUT2D eigenvalue weighted by Gasteiger charge is 2.11. The fourth-order valence-corrected chi connectivity index (χ4v) is 4.09. The Hall–Kier alpha value is -3.84. The van der Waals surface area contributed by atoms with E-state index in [-0.39, 0.29) is 9.79 Å². The largest absolute Gasteiger partial charge is 0.744 e. The van der Waals surface area contributed by atoms with Crippen LogP contribution in [0.4, 0.5) is 22.7 Å². The maximum absolute atomic E-state index is 11.4. The van der Waals surface area contributed by atoms with Crippen LogP contribution in [0.5, 0.6) is 0 Å². The minimum Gasteiger partial charge on any atom is -0.744 e. The van der Waals surface area contributed by atoms with E-state index >= 15 is 0 Å². The van der Waals surface area contributed by atoms with Gasteiger partial charge in [-0.25, -0.2) is 16.8 Å². The molecule has 34 heavy (non-hydrogen) atoms. The van der Waals surface area contributed by atoms with Crippen molar-refractivity contribution in [2.24, 2.45) is 10.2 Å². The molecular formula is C22H16N4O6S2-2. The summed E-state index contributed by atoms with van der Waals surface area (Å²) in [5.74, 6) is 0. The van der Waals surface area contributed by atoms with Gasteiger partial charge >= 0.3 is 0 Å². The van der Waals surface area contributed by atoms with Crippen LogP contribution in [-0.4, -0.2) is 25.9 Å². The van der Waals surface area contributed by atoms with Crippen LogP contribution in [-0.2, 0) is 20.2 Å². The fourth-order valence-electron chi connectivity index (χ4n) is 3.11. The summed E-state index contributed by atoms with van der Waals surface area (Å²) in [6, 6.07) is 21.3. The number of fused-ring (bicyclic) bond motifs is 1. The van der Waals surface area contributed by atoms with E-state index in [0.29, 0.717) is 33.5 Å². The first kappa shape index (κ1) is 23.3. The molecule has 174 valence electrons. The monoisotopic (exact) mass is 496 g/mol. The molecule has 0 spiro atoms. The van der Waals surface area contributed by atoms with Gasteiger partial charge in [0.1, 0.15) is 25.9 Å². The third kappa shape index (κ3) is 5.38. The summed E-state index contributed by atoms with van der Waals surface area (Å²) in [6.07, 6.45) is 0. The van der Waals surface area contributed by atoms with Gasteiger partial charge < -0.3 is 14.5 Å². The molecule has 0 aliphatic carbocycles. The normalized spacial score (nSPS) is 12.2. The molecule has 2 N–H and O–H groups in total. The van der Waals surface area contributed by atoms with E-state index in [9.17, 15) is 25.9 Å². The van der Waals surface area contributed by atoms with Gasteiger partial charge in [0.2, 0.25) is 0 Å². The van der Waals surface area contributed by atoms with Gasteiger partial charge in [-0.3, -0.25) is 5.43 Å². The molecule has 4 aromatic rings. The number of anilines is 2. The van der Waals surface area contributed by atoms with E-state index in [0.717, 1.165) is 12.1 Å². The Balaban J connectivity index is 1.73. The molecule has 4 rings (SSSR count).